The number of aliphatic hydroxyl groups excluding tert-OH is 1. The van der Waals surface area contributed by atoms with Crippen LogP contribution in [0, 0.1) is 13.8 Å². The second-order valence-corrected chi connectivity index (χ2v) is 11.0. The zero-order chi connectivity index (χ0) is 31.1. The van der Waals surface area contributed by atoms with Gasteiger partial charge in [0.15, 0.2) is 5.43 Å². The number of pyridine rings is 1. The molecule has 0 saturated carbocycles. The first kappa shape index (κ1) is 32.1. The fourth-order valence-corrected chi connectivity index (χ4v) is 5.04. The van der Waals surface area contributed by atoms with Crippen LogP contribution < -0.4 is 10.2 Å². The van der Waals surface area contributed by atoms with Crippen LogP contribution in [0.5, 0.6) is 11.6 Å². The van der Waals surface area contributed by atoms with Gasteiger partial charge in [0.2, 0.25) is 5.88 Å². The number of halogens is 5. The average Bonchev–Trinajstić information content (AvgIpc) is 2.95. The molecule has 1 aliphatic heterocycles. The highest BCUT2D eigenvalue weighted by Gasteiger charge is 2.34. The summed E-state index contributed by atoms with van der Waals surface area (Å²) in [5.74, 6) is -0.0670. The van der Waals surface area contributed by atoms with Crippen molar-refractivity contribution in [3.8, 4) is 11.6 Å². The van der Waals surface area contributed by atoms with Gasteiger partial charge in [-0.15, -0.1) is 0 Å². The molecule has 224 valence electrons. The first-order chi connectivity index (χ1) is 20.4. The quantitative estimate of drug-likeness (QED) is 0.208. The standard InChI is InChI=1S/C20H15ClF3NO2.C13H14BrNO/c1-13-5-2-3-6-14(13)12-25-10-9-15(26)11-18(25)27-17-8-4-7-16(19(17)21)20(22,23)24;1-10-4-2-3-5-11(10)9-15-7-6-12(16)8-13(15)14/h2-11H,12H2,1H3;2-8,12,16H,9H2,1H3. The van der Waals surface area contributed by atoms with Crippen molar-refractivity contribution in [1.82, 2.24) is 9.47 Å². The van der Waals surface area contributed by atoms with E-state index in [0.29, 0.717) is 6.54 Å². The maximum Gasteiger partial charge on any atom is 0.417 e. The molecule has 0 aliphatic carbocycles. The smallest absolute Gasteiger partial charge is 0.417 e. The number of nitrogens with zero attached hydrogens (tertiary/aromatic N) is 2. The number of rotatable bonds is 6. The minimum absolute atomic E-state index is 0.104. The van der Waals surface area contributed by atoms with E-state index in [2.05, 4.69) is 39.9 Å². The van der Waals surface area contributed by atoms with Gasteiger partial charge >= 0.3 is 6.18 Å². The normalized spacial score (nSPS) is 14.6. The van der Waals surface area contributed by atoms with E-state index in [4.69, 9.17) is 16.3 Å². The van der Waals surface area contributed by atoms with Crippen LogP contribution in [0.15, 0.2) is 113 Å². The van der Waals surface area contributed by atoms with E-state index in [9.17, 15) is 23.1 Å². The summed E-state index contributed by atoms with van der Waals surface area (Å²) in [6.07, 6.45) is 1.89. The van der Waals surface area contributed by atoms with Gasteiger partial charge in [-0.05, 0) is 76.3 Å². The molecule has 10 heteroatoms. The topological polar surface area (TPSA) is 54.7 Å². The Bertz CT molecular complexity index is 1700. The van der Waals surface area contributed by atoms with Gasteiger partial charge in [-0.2, -0.15) is 13.2 Å². The first-order valence-electron chi connectivity index (χ1n) is 13.3. The highest BCUT2D eigenvalue weighted by atomic mass is 79.9. The van der Waals surface area contributed by atoms with Gasteiger partial charge in [0, 0.05) is 31.1 Å². The van der Waals surface area contributed by atoms with E-state index >= 15 is 0 Å². The number of alkyl halides is 3. The minimum Gasteiger partial charge on any atom is -0.439 e. The molecule has 0 spiro atoms. The van der Waals surface area contributed by atoms with Gasteiger partial charge in [-0.3, -0.25) is 4.79 Å². The fourth-order valence-electron chi connectivity index (χ4n) is 4.26. The Morgan fingerprint density at radius 1 is 0.930 bits per heavy atom. The van der Waals surface area contributed by atoms with Crippen molar-refractivity contribution < 1.29 is 23.0 Å². The summed E-state index contributed by atoms with van der Waals surface area (Å²) >= 11 is 9.34. The van der Waals surface area contributed by atoms with Crippen LogP contribution in [0.25, 0.3) is 0 Å². The molecular formula is C33H29BrClF3N2O3. The molecule has 0 saturated heterocycles. The van der Waals surface area contributed by atoms with Crippen LogP contribution in [0.1, 0.15) is 27.8 Å². The Kier molecular flexibility index (Phi) is 10.6. The van der Waals surface area contributed by atoms with Crippen molar-refractivity contribution in [2.24, 2.45) is 0 Å². The third-order valence-electron chi connectivity index (χ3n) is 6.70. The fraction of sp³-hybridized carbons (Fsp3) is 0.182. The van der Waals surface area contributed by atoms with Crippen LogP contribution in [0.4, 0.5) is 13.2 Å². The Balaban J connectivity index is 0.000000225. The van der Waals surface area contributed by atoms with Gasteiger partial charge < -0.3 is 19.3 Å². The molecule has 1 unspecified atom stereocenters. The summed E-state index contributed by atoms with van der Waals surface area (Å²) in [6.45, 7) is 5.25. The number of hydrogen-bond donors (Lipinski definition) is 1. The molecule has 1 N–H and O–H groups in total. The predicted molar refractivity (Wildman–Crippen MR) is 166 cm³/mol. The Hall–Kier alpha value is -3.79. The molecule has 43 heavy (non-hydrogen) atoms. The molecule has 3 aromatic carbocycles. The maximum absolute atomic E-state index is 13.0. The van der Waals surface area contributed by atoms with Gasteiger partial charge in [0.05, 0.1) is 27.8 Å². The van der Waals surface area contributed by atoms with Crippen molar-refractivity contribution in [3.05, 3.63) is 151 Å². The average molecular weight is 674 g/mol. The number of aromatic nitrogens is 1. The van der Waals surface area contributed by atoms with Crippen molar-refractivity contribution in [2.75, 3.05) is 0 Å². The third-order valence-corrected chi connectivity index (χ3v) is 7.81. The highest BCUT2D eigenvalue weighted by Crippen LogP contribution is 2.40. The molecule has 0 bridgehead atoms. The van der Waals surface area contributed by atoms with Crippen molar-refractivity contribution in [1.29, 1.82) is 0 Å². The van der Waals surface area contributed by atoms with Gasteiger partial charge in [-0.1, -0.05) is 66.2 Å². The zero-order valence-corrected chi connectivity index (χ0v) is 25.7. The highest BCUT2D eigenvalue weighted by molar-refractivity contribution is 9.11. The molecule has 5 nitrogen and oxygen atoms in total. The number of ether oxygens (including phenoxy) is 1. The SMILES string of the molecule is Cc1ccccc1CN1C=CC(O)C=C1Br.Cc1ccccc1Cn1ccc(=O)cc1Oc1cccc(C(F)(F)F)c1Cl. The molecule has 5 rings (SSSR count). The molecule has 1 atom stereocenters. The van der Waals surface area contributed by atoms with Crippen LogP contribution >= 0.6 is 27.5 Å². The van der Waals surface area contributed by atoms with Crippen LogP contribution in [-0.2, 0) is 19.3 Å². The molecular weight excluding hydrogens is 645 g/mol. The van der Waals surface area contributed by atoms with Gasteiger partial charge in [-0.25, -0.2) is 0 Å². The van der Waals surface area contributed by atoms with Crippen LogP contribution in [-0.4, -0.2) is 20.7 Å². The van der Waals surface area contributed by atoms with E-state index in [-0.39, 0.29) is 17.1 Å². The molecule has 2 heterocycles. The maximum atomic E-state index is 13.0. The van der Waals surface area contributed by atoms with E-state index in [1.807, 2.05) is 49.5 Å². The molecule has 1 aliphatic rings. The molecule has 0 fully saturated rings. The van der Waals surface area contributed by atoms with Crippen LogP contribution in [0.2, 0.25) is 5.02 Å². The third kappa shape index (κ3) is 8.63. The molecule has 0 radical (unpaired) electrons. The lowest BCUT2D eigenvalue weighted by Crippen LogP contribution is -2.19. The lowest BCUT2D eigenvalue weighted by molar-refractivity contribution is -0.137. The van der Waals surface area contributed by atoms with E-state index in [1.54, 1.807) is 16.7 Å². The lowest BCUT2D eigenvalue weighted by atomic mass is 10.1. The summed E-state index contributed by atoms with van der Waals surface area (Å²) in [5, 5.41) is 8.85. The number of hydrogen-bond acceptors (Lipinski definition) is 4. The largest absolute Gasteiger partial charge is 0.439 e. The summed E-state index contributed by atoms with van der Waals surface area (Å²) in [6, 6.07) is 22.0. The summed E-state index contributed by atoms with van der Waals surface area (Å²) < 4.78 is 47.3. The minimum atomic E-state index is -4.60. The van der Waals surface area contributed by atoms with E-state index < -0.39 is 22.9 Å². The second kappa shape index (κ2) is 14.1. The van der Waals surface area contributed by atoms with Gasteiger partial charge in [0.25, 0.3) is 0 Å². The molecule has 1 aromatic heterocycles. The van der Waals surface area contributed by atoms with E-state index in [0.717, 1.165) is 28.3 Å². The number of aliphatic hydroxyl groups is 1. The number of aryl methyl sites for hydroxylation is 2. The first-order valence-corrected chi connectivity index (χ1v) is 14.4. The monoisotopic (exact) mass is 672 g/mol. The lowest BCUT2D eigenvalue weighted by Gasteiger charge is -2.24. The van der Waals surface area contributed by atoms with Crippen molar-refractivity contribution >= 4 is 27.5 Å². The Morgan fingerprint density at radius 2 is 1.56 bits per heavy atom. The van der Waals surface area contributed by atoms with E-state index in [1.165, 1.54) is 41.6 Å². The number of benzene rings is 3. The summed E-state index contributed by atoms with van der Waals surface area (Å²) in [7, 11) is 0. The summed E-state index contributed by atoms with van der Waals surface area (Å²) in [5.41, 5.74) is 3.27. The van der Waals surface area contributed by atoms with Gasteiger partial charge in [0.1, 0.15) is 5.75 Å². The van der Waals surface area contributed by atoms with Crippen LogP contribution in [0.3, 0.4) is 0 Å². The predicted octanol–water partition coefficient (Wildman–Crippen LogP) is 8.59. The van der Waals surface area contributed by atoms with Crippen molar-refractivity contribution in [2.45, 2.75) is 39.2 Å². The molecule has 0 amide bonds. The Morgan fingerprint density at radius 3 is 2.16 bits per heavy atom. The van der Waals surface area contributed by atoms with Crippen molar-refractivity contribution in [3.63, 3.8) is 0 Å². The Labute approximate surface area is 261 Å². The second-order valence-electron chi connectivity index (χ2n) is 9.85. The zero-order valence-electron chi connectivity index (χ0n) is 23.4. The summed E-state index contributed by atoms with van der Waals surface area (Å²) in [4.78, 5) is 13.8. The molecule has 4 aromatic rings.